The minimum atomic E-state index is 0.560. The molecule has 6 heteroatoms. The van der Waals surface area contributed by atoms with Gasteiger partial charge in [-0.25, -0.2) is 19.9 Å². The number of aryl methyl sites for hydroxylation is 1. The molecule has 0 aliphatic carbocycles. The van der Waals surface area contributed by atoms with Gasteiger partial charge in [-0.3, -0.25) is 4.90 Å². The smallest absolute Gasteiger partial charge is 0.187 e. The van der Waals surface area contributed by atoms with Gasteiger partial charge in [0.05, 0.1) is 0 Å². The van der Waals surface area contributed by atoms with E-state index in [1.807, 2.05) is 18.6 Å². The molecule has 3 rings (SSSR count). The number of nitrogens with zero attached hydrogens (tertiary/aromatic N) is 5. The lowest BCUT2D eigenvalue weighted by molar-refractivity contribution is 0.202. The van der Waals surface area contributed by atoms with Gasteiger partial charge < -0.3 is 0 Å². The van der Waals surface area contributed by atoms with Crippen LogP contribution in [0.15, 0.2) is 30.1 Å². The van der Waals surface area contributed by atoms with Crippen LogP contribution in [0, 0.1) is 6.92 Å². The molecule has 134 valence electrons. The highest BCUT2D eigenvalue weighted by atomic mass is 32.2. The van der Waals surface area contributed by atoms with E-state index in [4.69, 9.17) is 0 Å². The predicted octanol–water partition coefficient (Wildman–Crippen LogP) is 3.85. The van der Waals surface area contributed by atoms with Crippen molar-refractivity contribution in [3.63, 3.8) is 0 Å². The van der Waals surface area contributed by atoms with Crippen molar-refractivity contribution < 1.29 is 0 Å². The van der Waals surface area contributed by atoms with Gasteiger partial charge >= 0.3 is 0 Å². The normalized spacial score (nSPS) is 17.6. The molecular formula is C19H27N5S. The Balaban J connectivity index is 1.51. The van der Waals surface area contributed by atoms with Crippen LogP contribution < -0.4 is 0 Å². The first kappa shape index (κ1) is 18.3. The standard InChI is InChI=1S/C19H27N5S/c1-4-15(3)25-19-21-10-16(11-22-19)12-24-7-5-17(6-8-24)18-14(2)9-20-13-23-18/h9-11,13,15,17H,4-8,12H2,1-3H3/t15-/m1/s1. The van der Waals surface area contributed by atoms with E-state index < -0.39 is 0 Å². The lowest BCUT2D eigenvalue weighted by atomic mass is 9.91. The topological polar surface area (TPSA) is 54.8 Å². The van der Waals surface area contributed by atoms with E-state index in [0.717, 1.165) is 44.1 Å². The SMILES string of the molecule is CC[C@@H](C)Sc1ncc(CN2CCC(c3ncncc3C)CC2)cn1. The molecule has 2 aromatic heterocycles. The van der Waals surface area contributed by atoms with Gasteiger partial charge in [-0.2, -0.15) is 0 Å². The number of likely N-dealkylation sites (tertiary alicyclic amines) is 1. The summed E-state index contributed by atoms with van der Waals surface area (Å²) < 4.78 is 0. The van der Waals surface area contributed by atoms with Crippen LogP contribution in [0.2, 0.25) is 0 Å². The van der Waals surface area contributed by atoms with E-state index in [2.05, 4.69) is 45.6 Å². The minimum Gasteiger partial charge on any atom is -0.299 e. The van der Waals surface area contributed by atoms with Crippen LogP contribution in [0.25, 0.3) is 0 Å². The minimum absolute atomic E-state index is 0.560. The van der Waals surface area contributed by atoms with Crippen LogP contribution in [0.4, 0.5) is 0 Å². The Kier molecular flexibility index (Phi) is 6.37. The fraction of sp³-hybridized carbons (Fsp3) is 0.579. The van der Waals surface area contributed by atoms with Gasteiger partial charge in [0.2, 0.25) is 0 Å². The first-order chi connectivity index (χ1) is 12.2. The molecular weight excluding hydrogens is 330 g/mol. The van der Waals surface area contributed by atoms with Gasteiger partial charge in [-0.15, -0.1) is 0 Å². The first-order valence-electron chi connectivity index (χ1n) is 9.12. The van der Waals surface area contributed by atoms with Crippen molar-refractivity contribution >= 4 is 11.8 Å². The van der Waals surface area contributed by atoms with Crippen LogP contribution in [0.3, 0.4) is 0 Å². The summed E-state index contributed by atoms with van der Waals surface area (Å²) in [5, 5.41) is 1.45. The average molecular weight is 358 g/mol. The molecule has 1 aliphatic heterocycles. The van der Waals surface area contributed by atoms with Crippen molar-refractivity contribution in [1.82, 2.24) is 24.8 Å². The van der Waals surface area contributed by atoms with Gasteiger partial charge in [0.1, 0.15) is 6.33 Å². The zero-order valence-electron chi connectivity index (χ0n) is 15.4. The zero-order chi connectivity index (χ0) is 17.6. The summed E-state index contributed by atoms with van der Waals surface area (Å²) in [6, 6.07) is 0. The molecule has 1 saturated heterocycles. The van der Waals surface area contributed by atoms with Crippen LogP contribution in [0.5, 0.6) is 0 Å². The molecule has 2 aromatic rings. The van der Waals surface area contributed by atoms with Crippen LogP contribution in [-0.2, 0) is 6.54 Å². The average Bonchev–Trinajstić information content (AvgIpc) is 2.64. The van der Waals surface area contributed by atoms with E-state index in [9.17, 15) is 0 Å². The Morgan fingerprint density at radius 1 is 1.16 bits per heavy atom. The second-order valence-corrected chi connectivity index (χ2v) is 8.26. The Morgan fingerprint density at radius 2 is 1.88 bits per heavy atom. The lowest BCUT2D eigenvalue weighted by Gasteiger charge is -2.32. The number of thioether (sulfide) groups is 1. The van der Waals surface area contributed by atoms with Crippen LogP contribution >= 0.6 is 11.8 Å². The molecule has 1 aliphatic rings. The van der Waals surface area contributed by atoms with E-state index in [1.54, 1.807) is 18.1 Å². The molecule has 1 atom stereocenters. The fourth-order valence-electron chi connectivity index (χ4n) is 3.21. The van der Waals surface area contributed by atoms with Gasteiger partial charge in [-0.1, -0.05) is 25.6 Å². The number of aromatic nitrogens is 4. The second kappa shape index (κ2) is 8.72. The molecule has 0 N–H and O–H groups in total. The Morgan fingerprint density at radius 3 is 2.52 bits per heavy atom. The summed E-state index contributed by atoms with van der Waals surface area (Å²) in [6.45, 7) is 9.64. The highest BCUT2D eigenvalue weighted by Gasteiger charge is 2.23. The van der Waals surface area contributed by atoms with Crippen LogP contribution in [0.1, 0.15) is 55.8 Å². The molecule has 0 bridgehead atoms. The Bertz CT molecular complexity index is 668. The largest absolute Gasteiger partial charge is 0.299 e. The van der Waals surface area contributed by atoms with E-state index in [0.29, 0.717) is 11.2 Å². The maximum absolute atomic E-state index is 4.51. The molecule has 0 aromatic carbocycles. The highest BCUT2D eigenvalue weighted by molar-refractivity contribution is 7.99. The van der Waals surface area contributed by atoms with Gasteiger partial charge in [0.15, 0.2) is 5.16 Å². The number of hydrogen-bond donors (Lipinski definition) is 0. The maximum atomic E-state index is 4.51. The summed E-state index contributed by atoms with van der Waals surface area (Å²) in [6.07, 6.45) is 11.0. The monoisotopic (exact) mass is 357 g/mol. The molecule has 0 amide bonds. The van der Waals surface area contributed by atoms with Crippen molar-refractivity contribution in [2.24, 2.45) is 0 Å². The zero-order valence-corrected chi connectivity index (χ0v) is 16.2. The maximum Gasteiger partial charge on any atom is 0.187 e. The molecule has 0 saturated carbocycles. The van der Waals surface area contributed by atoms with Crippen molar-refractivity contribution in [1.29, 1.82) is 0 Å². The quantitative estimate of drug-likeness (QED) is 0.578. The fourth-order valence-corrected chi connectivity index (χ4v) is 3.96. The predicted molar refractivity (Wildman–Crippen MR) is 102 cm³/mol. The molecule has 25 heavy (non-hydrogen) atoms. The molecule has 5 nitrogen and oxygen atoms in total. The van der Waals surface area contributed by atoms with E-state index in [1.165, 1.54) is 16.8 Å². The number of hydrogen-bond acceptors (Lipinski definition) is 6. The van der Waals surface area contributed by atoms with Gasteiger partial charge in [0.25, 0.3) is 0 Å². The van der Waals surface area contributed by atoms with Crippen molar-refractivity contribution in [3.05, 3.63) is 41.7 Å². The summed E-state index contributed by atoms with van der Waals surface area (Å²) in [4.78, 5) is 20.1. The molecule has 1 fully saturated rings. The third-order valence-electron chi connectivity index (χ3n) is 4.88. The molecule has 0 unspecified atom stereocenters. The van der Waals surface area contributed by atoms with E-state index >= 15 is 0 Å². The van der Waals surface area contributed by atoms with Gasteiger partial charge in [0, 0.05) is 47.6 Å². The van der Waals surface area contributed by atoms with Crippen molar-refractivity contribution in [2.75, 3.05) is 13.1 Å². The molecule has 3 heterocycles. The lowest BCUT2D eigenvalue weighted by Crippen LogP contribution is -2.33. The molecule has 0 radical (unpaired) electrons. The summed E-state index contributed by atoms with van der Waals surface area (Å²) >= 11 is 1.75. The Labute approximate surface area is 154 Å². The molecule has 0 spiro atoms. The number of rotatable bonds is 6. The van der Waals surface area contributed by atoms with E-state index in [-0.39, 0.29) is 0 Å². The third-order valence-corrected chi connectivity index (χ3v) is 6.04. The first-order valence-corrected chi connectivity index (χ1v) is 10.00. The van der Waals surface area contributed by atoms with Crippen molar-refractivity contribution in [3.8, 4) is 0 Å². The van der Waals surface area contributed by atoms with Gasteiger partial charge in [-0.05, 0) is 44.8 Å². The summed E-state index contributed by atoms with van der Waals surface area (Å²) in [5.41, 5.74) is 3.64. The Hall–Kier alpha value is -1.53. The van der Waals surface area contributed by atoms with Crippen molar-refractivity contribution in [2.45, 2.75) is 62.9 Å². The van der Waals surface area contributed by atoms with Crippen LogP contribution in [-0.4, -0.2) is 43.2 Å². The number of piperidine rings is 1. The third kappa shape index (κ3) is 4.98. The summed E-state index contributed by atoms with van der Waals surface area (Å²) in [5.74, 6) is 0.560. The highest BCUT2D eigenvalue weighted by Crippen LogP contribution is 2.29. The summed E-state index contributed by atoms with van der Waals surface area (Å²) in [7, 11) is 0. The second-order valence-electron chi connectivity index (χ2n) is 6.85.